The highest BCUT2D eigenvalue weighted by Crippen LogP contribution is 2.15. The highest BCUT2D eigenvalue weighted by atomic mass is 16.2. The van der Waals surface area contributed by atoms with E-state index in [4.69, 9.17) is 0 Å². The van der Waals surface area contributed by atoms with Gasteiger partial charge in [0, 0.05) is 20.2 Å². The van der Waals surface area contributed by atoms with Gasteiger partial charge in [0.1, 0.15) is 0 Å². The summed E-state index contributed by atoms with van der Waals surface area (Å²) in [6, 6.07) is 7.26. The third-order valence-corrected chi connectivity index (χ3v) is 2.81. The maximum absolute atomic E-state index is 11.8. The van der Waals surface area contributed by atoms with Crippen molar-refractivity contribution < 1.29 is 9.59 Å². The van der Waals surface area contributed by atoms with E-state index in [9.17, 15) is 9.59 Å². The van der Waals surface area contributed by atoms with Gasteiger partial charge in [0.25, 0.3) is 5.91 Å². The molecule has 0 aliphatic carbocycles. The number of nitrogens with one attached hydrogen (secondary N) is 2. The number of carbonyl (C=O) groups excluding carboxylic acids is 2. The molecule has 0 spiro atoms. The van der Waals surface area contributed by atoms with Gasteiger partial charge in [-0.15, -0.1) is 0 Å². The molecule has 2 amide bonds. The summed E-state index contributed by atoms with van der Waals surface area (Å²) in [6.07, 6.45) is 3.41. The molecule has 104 valence electrons. The van der Waals surface area contributed by atoms with Gasteiger partial charge in [-0.1, -0.05) is 12.1 Å². The van der Waals surface area contributed by atoms with E-state index in [1.54, 1.807) is 30.2 Å². The van der Waals surface area contributed by atoms with E-state index in [-0.39, 0.29) is 11.8 Å². The number of carbonyl (C=O) groups is 2. The molecule has 6 heteroatoms. The smallest absolute Gasteiger partial charge is 0.253 e. The number of nitrogens with zero attached hydrogens (tertiary/aromatic N) is 2. The second-order valence-corrected chi connectivity index (χ2v) is 4.28. The molecule has 0 bridgehead atoms. The number of amides is 2. The van der Waals surface area contributed by atoms with Gasteiger partial charge in [-0.05, 0) is 12.1 Å². The Hall–Kier alpha value is -2.63. The zero-order valence-corrected chi connectivity index (χ0v) is 11.4. The van der Waals surface area contributed by atoms with Crippen LogP contribution < -0.4 is 10.6 Å². The van der Waals surface area contributed by atoms with Crippen LogP contribution in [0.15, 0.2) is 36.8 Å². The van der Waals surface area contributed by atoms with Crippen molar-refractivity contribution >= 4 is 11.8 Å². The van der Waals surface area contributed by atoms with Crippen LogP contribution in [0.1, 0.15) is 23.0 Å². The molecule has 1 heterocycles. The molecule has 2 N–H and O–H groups in total. The van der Waals surface area contributed by atoms with Crippen LogP contribution in [0.3, 0.4) is 0 Å². The van der Waals surface area contributed by atoms with Crippen LogP contribution in [0, 0.1) is 0 Å². The lowest BCUT2D eigenvalue weighted by Gasteiger charge is -2.08. The van der Waals surface area contributed by atoms with Crippen molar-refractivity contribution in [2.45, 2.75) is 13.5 Å². The Morgan fingerprint density at radius 1 is 1.30 bits per heavy atom. The molecule has 0 saturated heterocycles. The summed E-state index contributed by atoms with van der Waals surface area (Å²) in [4.78, 5) is 26.9. The first-order valence-corrected chi connectivity index (χ1v) is 6.20. The first-order chi connectivity index (χ1) is 9.61. The first kappa shape index (κ1) is 13.8. The average molecular weight is 272 g/mol. The molecule has 1 aromatic carbocycles. The van der Waals surface area contributed by atoms with Gasteiger partial charge < -0.3 is 15.2 Å². The van der Waals surface area contributed by atoms with Gasteiger partial charge >= 0.3 is 0 Å². The van der Waals surface area contributed by atoms with E-state index in [2.05, 4.69) is 15.6 Å². The average Bonchev–Trinajstić information content (AvgIpc) is 2.93. The van der Waals surface area contributed by atoms with Crippen molar-refractivity contribution in [2.75, 3.05) is 7.05 Å². The standard InChI is InChI=1S/C14H16N4O2/c1-10(19)16-7-11-8-18(9-17-11)13-6-4-3-5-12(13)14(20)15-2/h3-6,8-9H,7H2,1-2H3,(H,15,20)(H,16,19). The minimum absolute atomic E-state index is 0.106. The Morgan fingerprint density at radius 2 is 2.05 bits per heavy atom. The molecule has 2 aromatic rings. The van der Waals surface area contributed by atoms with Crippen LogP contribution >= 0.6 is 0 Å². The van der Waals surface area contributed by atoms with Crippen molar-refractivity contribution in [1.82, 2.24) is 20.2 Å². The van der Waals surface area contributed by atoms with Gasteiger partial charge in [0.05, 0.1) is 29.8 Å². The summed E-state index contributed by atoms with van der Waals surface area (Å²) in [5, 5.41) is 5.29. The lowest BCUT2D eigenvalue weighted by molar-refractivity contribution is -0.119. The predicted octanol–water partition coefficient (Wildman–Crippen LogP) is 0.868. The van der Waals surface area contributed by atoms with E-state index in [0.29, 0.717) is 12.1 Å². The second-order valence-electron chi connectivity index (χ2n) is 4.28. The lowest BCUT2D eigenvalue weighted by Crippen LogP contribution is -2.20. The predicted molar refractivity (Wildman–Crippen MR) is 74.5 cm³/mol. The molecule has 0 fully saturated rings. The van der Waals surface area contributed by atoms with E-state index in [1.165, 1.54) is 6.92 Å². The van der Waals surface area contributed by atoms with Crippen LogP contribution in [-0.4, -0.2) is 28.4 Å². The zero-order chi connectivity index (χ0) is 14.5. The Kier molecular flexibility index (Phi) is 4.14. The number of aromatic nitrogens is 2. The summed E-state index contributed by atoms with van der Waals surface area (Å²) in [6.45, 7) is 1.82. The van der Waals surface area contributed by atoms with Crippen molar-refractivity contribution in [1.29, 1.82) is 0 Å². The summed E-state index contributed by atoms with van der Waals surface area (Å²) >= 11 is 0. The minimum atomic E-state index is -0.155. The minimum Gasteiger partial charge on any atom is -0.355 e. The molecule has 0 aliphatic rings. The fraction of sp³-hybridized carbons (Fsp3) is 0.214. The fourth-order valence-corrected chi connectivity index (χ4v) is 1.83. The molecule has 0 unspecified atom stereocenters. The number of imidazole rings is 1. The molecule has 20 heavy (non-hydrogen) atoms. The maximum Gasteiger partial charge on any atom is 0.253 e. The monoisotopic (exact) mass is 272 g/mol. The molecule has 6 nitrogen and oxygen atoms in total. The fourth-order valence-electron chi connectivity index (χ4n) is 1.83. The maximum atomic E-state index is 11.8. The number of benzene rings is 1. The Balaban J connectivity index is 2.28. The van der Waals surface area contributed by atoms with Gasteiger partial charge in [-0.3, -0.25) is 9.59 Å². The van der Waals surface area contributed by atoms with Crippen LogP contribution in [0.25, 0.3) is 5.69 Å². The summed E-state index contributed by atoms with van der Waals surface area (Å²) < 4.78 is 1.77. The summed E-state index contributed by atoms with van der Waals surface area (Å²) in [5.74, 6) is -0.261. The molecule has 0 atom stereocenters. The van der Waals surface area contributed by atoms with E-state index in [1.807, 2.05) is 18.2 Å². The Morgan fingerprint density at radius 3 is 2.75 bits per heavy atom. The van der Waals surface area contributed by atoms with E-state index in [0.717, 1.165) is 11.4 Å². The molecule has 0 radical (unpaired) electrons. The van der Waals surface area contributed by atoms with Gasteiger partial charge in [-0.2, -0.15) is 0 Å². The summed E-state index contributed by atoms with van der Waals surface area (Å²) in [7, 11) is 1.59. The van der Waals surface area contributed by atoms with Crippen LogP contribution in [-0.2, 0) is 11.3 Å². The number of rotatable bonds is 4. The van der Waals surface area contributed by atoms with Crippen molar-refractivity contribution in [3.63, 3.8) is 0 Å². The number of para-hydroxylation sites is 1. The normalized spacial score (nSPS) is 10.1. The molecule has 1 aromatic heterocycles. The third kappa shape index (κ3) is 3.03. The van der Waals surface area contributed by atoms with Crippen LogP contribution in [0.4, 0.5) is 0 Å². The second kappa shape index (κ2) is 6.01. The summed E-state index contributed by atoms with van der Waals surface area (Å²) in [5.41, 5.74) is 2.04. The molecule has 0 aliphatic heterocycles. The molecule has 0 saturated carbocycles. The van der Waals surface area contributed by atoms with Gasteiger partial charge in [-0.25, -0.2) is 4.98 Å². The topological polar surface area (TPSA) is 76.0 Å². The van der Waals surface area contributed by atoms with Gasteiger partial charge in [0.15, 0.2) is 0 Å². The Bertz CT molecular complexity index is 634. The molecule has 2 rings (SSSR count). The third-order valence-electron chi connectivity index (χ3n) is 2.81. The van der Waals surface area contributed by atoms with Crippen molar-refractivity contribution in [3.8, 4) is 5.69 Å². The largest absolute Gasteiger partial charge is 0.355 e. The zero-order valence-electron chi connectivity index (χ0n) is 11.4. The van der Waals surface area contributed by atoms with Crippen molar-refractivity contribution in [3.05, 3.63) is 48.0 Å². The highest BCUT2D eigenvalue weighted by Gasteiger charge is 2.11. The van der Waals surface area contributed by atoms with Crippen LogP contribution in [0.2, 0.25) is 0 Å². The number of hydrogen-bond acceptors (Lipinski definition) is 3. The molecular weight excluding hydrogens is 256 g/mol. The van der Waals surface area contributed by atoms with Gasteiger partial charge in [0.2, 0.25) is 5.91 Å². The highest BCUT2D eigenvalue weighted by molar-refractivity contribution is 5.97. The SMILES string of the molecule is CNC(=O)c1ccccc1-n1cnc(CNC(C)=O)c1. The lowest BCUT2D eigenvalue weighted by atomic mass is 10.1. The number of hydrogen-bond donors (Lipinski definition) is 2. The Labute approximate surface area is 116 Å². The molecular formula is C14H16N4O2. The van der Waals surface area contributed by atoms with Crippen molar-refractivity contribution in [2.24, 2.45) is 0 Å². The van der Waals surface area contributed by atoms with Crippen LogP contribution in [0.5, 0.6) is 0 Å². The van der Waals surface area contributed by atoms with E-state index >= 15 is 0 Å². The quantitative estimate of drug-likeness (QED) is 0.867. The first-order valence-electron chi connectivity index (χ1n) is 6.20. The van der Waals surface area contributed by atoms with E-state index < -0.39 is 0 Å².